The number of amides is 1. The summed E-state index contributed by atoms with van der Waals surface area (Å²) in [7, 11) is 0. The van der Waals surface area contributed by atoms with Gasteiger partial charge >= 0.3 is 5.97 Å². The Kier molecular flexibility index (Phi) is 7.83. The molecule has 7 nitrogen and oxygen atoms in total. The topological polar surface area (TPSA) is 97.8 Å². The zero-order valence-electron chi connectivity index (χ0n) is 19.8. The van der Waals surface area contributed by atoms with Crippen molar-refractivity contribution in [3.8, 4) is 5.75 Å². The minimum atomic E-state index is -0.971. The zero-order chi connectivity index (χ0) is 24.0. The number of aromatic nitrogens is 1. The lowest BCUT2D eigenvalue weighted by Crippen LogP contribution is -2.49. The second-order valence-electron chi connectivity index (χ2n) is 9.51. The Morgan fingerprint density at radius 3 is 2.53 bits per heavy atom. The van der Waals surface area contributed by atoms with Crippen molar-refractivity contribution in [2.45, 2.75) is 63.3 Å². The van der Waals surface area contributed by atoms with E-state index in [1.54, 1.807) is 30.5 Å². The summed E-state index contributed by atoms with van der Waals surface area (Å²) < 4.78 is 11.7. The molecule has 1 saturated heterocycles. The number of benzene rings is 1. The first kappa shape index (κ1) is 24.2. The lowest BCUT2D eigenvalue weighted by Gasteiger charge is -2.36. The molecule has 2 aromatic rings. The largest absolute Gasteiger partial charge is 0.493 e. The maximum absolute atomic E-state index is 13.7. The predicted octanol–water partition coefficient (Wildman–Crippen LogP) is 4.66. The number of hydrogen-bond donors (Lipinski definition) is 2. The number of carbonyl (C=O) groups is 2. The molecule has 1 aromatic heterocycles. The van der Waals surface area contributed by atoms with E-state index in [4.69, 9.17) is 14.6 Å². The monoisotopic (exact) mass is 466 g/mol. The van der Waals surface area contributed by atoms with Crippen LogP contribution in [0.5, 0.6) is 5.75 Å². The second-order valence-corrected chi connectivity index (χ2v) is 9.51. The Bertz CT molecular complexity index is 979. The number of nitrogens with one attached hydrogen (secondary N) is 1. The molecule has 1 atom stereocenters. The summed E-state index contributed by atoms with van der Waals surface area (Å²) >= 11 is 0. The van der Waals surface area contributed by atoms with Crippen LogP contribution in [0.15, 0.2) is 42.6 Å². The van der Waals surface area contributed by atoms with Gasteiger partial charge in [0.15, 0.2) is 0 Å². The van der Waals surface area contributed by atoms with E-state index in [-0.39, 0.29) is 17.5 Å². The Labute approximate surface area is 200 Å². The smallest absolute Gasteiger partial charge is 0.335 e. The summed E-state index contributed by atoms with van der Waals surface area (Å²) in [5.41, 5.74) is 0.982. The van der Waals surface area contributed by atoms with Gasteiger partial charge in [-0.3, -0.25) is 9.78 Å². The highest BCUT2D eigenvalue weighted by atomic mass is 16.5. The molecule has 1 saturated carbocycles. The zero-order valence-corrected chi connectivity index (χ0v) is 19.8. The van der Waals surface area contributed by atoms with Crippen LogP contribution in [-0.4, -0.2) is 41.8 Å². The van der Waals surface area contributed by atoms with Crippen LogP contribution >= 0.6 is 0 Å². The van der Waals surface area contributed by atoms with E-state index in [0.29, 0.717) is 44.3 Å². The lowest BCUT2D eigenvalue weighted by molar-refractivity contribution is -0.131. The van der Waals surface area contributed by atoms with Crippen molar-refractivity contribution in [2.24, 2.45) is 5.92 Å². The molecule has 1 aliphatic carbocycles. The van der Waals surface area contributed by atoms with Crippen molar-refractivity contribution in [3.63, 3.8) is 0 Å². The van der Waals surface area contributed by atoms with Crippen molar-refractivity contribution in [1.82, 2.24) is 10.3 Å². The second kappa shape index (κ2) is 11.0. The molecule has 2 N–H and O–H groups in total. The first-order chi connectivity index (χ1) is 16.5. The van der Waals surface area contributed by atoms with Crippen LogP contribution in [0.1, 0.15) is 79.5 Å². The average molecular weight is 467 g/mol. The van der Waals surface area contributed by atoms with E-state index < -0.39 is 11.4 Å². The summed E-state index contributed by atoms with van der Waals surface area (Å²) in [6.45, 7) is 3.58. The summed E-state index contributed by atoms with van der Waals surface area (Å²) in [5, 5.41) is 12.3. The van der Waals surface area contributed by atoms with Gasteiger partial charge in [-0.2, -0.15) is 0 Å². The Balaban J connectivity index is 1.49. The van der Waals surface area contributed by atoms with Crippen molar-refractivity contribution in [1.29, 1.82) is 0 Å². The summed E-state index contributed by atoms with van der Waals surface area (Å²) in [5.74, 6) is 0.286. The maximum atomic E-state index is 13.7. The summed E-state index contributed by atoms with van der Waals surface area (Å²) in [6, 6.07) is 10.1. The third-order valence-electron chi connectivity index (χ3n) is 7.22. The fourth-order valence-electron chi connectivity index (χ4n) is 4.98. The van der Waals surface area contributed by atoms with Crippen LogP contribution in [0, 0.1) is 5.92 Å². The number of hydrogen-bond acceptors (Lipinski definition) is 5. The van der Waals surface area contributed by atoms with E-state index in [0.717, 1.165) is 11.3 Å². The standard InChI is InChI=1S/C27H34N2O5/c1-19(21-7-9-22(10-8-21)25(30)31)29-26(32)27(12-15-33-16-13-27)24-17-23(11-14-28-24)34-18-20-5-3-2-4-6-20/h7-11,14,17,19-20H,2-6,12-13,15-16,18H2,1H3,(H,29,32)(H,30,31)/t19-/m0/s1. The molecule has 182 valence electrons. The highest BCUT2D eigenvalue weighted by Crippen LogP contribution is 2.36. The number of rotatable bonds is 8. The number of carboxylic acids is 1. The van der Waals surface area contributed by atoms with E-state index in [1.807, 2.05) is 19.1 Å². The normalized spacial score (nSPS) is 19.2. The molecule has 0 radical (unpaired) electrons. The average Bonchev–Trinajstić information content (AvgIpc) is 2.88. The molecule has 2 fully saturated rings. The lowest BCUT2D eigenvalue weighted by atomic mass is 9.75. The van der Waals surface area contributed by atoms with Crippen LogP contribution in [-0.2, 0) is 14.9 Å². The third-order valence-corrected chi connectivity index (χ3v) is 7.22. The molecule has 34 heavy (non-hydrogen) atoms. The van der Waals surface area contributed by atoms with Crippen LogP contribution in [0.3, 0.4) is 0 Å². The first-order valence-electron chi connectivity index (χ1n) is 12.3. The van der Waals surface area contributed by atoms with Gasteiger partial charge in [0, 0.05) is 25.5 Å². The molecule has 4 rings (SSSR count). The minimum absolute atomic E-state index is 0.0949. The van der Waals surface area contributed by atoms with Gasteiger partial charge < -0.3 is 19.9 Å². The highest BCUT2D eigenvalue weighted by Gasteiger charge is 2.43. The van der Waals surface area contributed by atoms with Crippen LogP contribution in [0.4, 0.5) is 0 Å². The Morgan fingerprint density at radius 1 is 1.15 bits per heavy atom. The van der Waals surface area contributed by atoms with Crippen molar-refractivity contribution >= 4 is 11.9 Å². The molecular formula is C27H34N2O5. The molecule has 7 heteroatoms. The molecule has 1 aliphatic heterocycles. The van der Waals surface area contributed by atoms with Gasteiger partial charge in [0.2, 0.25) is 5.91 Å². The number of aromatic carboxylic acids is 1. The van der Waals surface area contributed by atoms with Gasteiger partial charge in [-0.05, 0) is 62.3 Å². The van der Waals surface area contributed by atoms with Crippen LogP contribution in [0.2, 0.25) is 0 Å². The number of ether oxygens (including phenoxy) is 2. The van der Waals surface area contributed by atoms with Gasteiger partial charge in [0.05, 0.1) is 29.3 Å². The predicted molar refractivity (Wildman–Crippen MR) is 128 cm³/mol. The van der Waals surface area contributed by atoms with Gasteiger partial charge in [0.25, 0.3) is 0 Å². The van der Waals surface area contributed by atoms with E-state index in [1.165, 1.54) is 32.1 Å². The van der Waals surface area contributed by atoms with Crippen LogP contribution < -0.4 is 10.1 Å². The van der Waals surface area contributed by atoms with Gasteiger partial charge in [-0.25, -0.2) is 4.79 Å². The van der Waals surface area contributed by atoms with E-state index in [9.17, 15) is 9.59 Å². The summed E-state index contributed by atoms with van der Waals surface area (Å²) in [4.78, 5) is 29.4. The van der Waals surface area contributed by atoms with E-state index in [2.05, 4.69) is 10.3 Å². The number of nitrogens with zero attached hydrogens (tertiary/aromatic N) is 1. The molecule has 0 spiro atoms. The minimum Gasteiger partial charge on any atom is -0.493 e. The Hall–Kier alpha value is -2.93. The van der Waals surface area contributed by atoms with Gasteiger partial charge in [0.1, 0.15) is 5.75 Å². The quantitative estimate of drug-likeness (QED) is 0.587. The Morgan fingerprint density at radius 2 is 1.85 bits per heavy atom. The number of carboxylic acid groups (broad SMARTS) is 1. The number of carbonyl (C=O) groups excluding carboxylic acids is 1. The molecule has 1 amide bonds. The molecule has 2 aliphatic rings. The van der Waals surface area contributed by atoms with Gasteiger partial charge in [-0.15, -0.1) is 0 Å². The first-order valence-corrected chi connectivity index (χ1v) is 12.3. The fourth-order valence-corrected chi connectivity index (χ4v) is 4.98. The van der Waals surface area contributed by atoms with Gasteiger partial charge in [-0.1, -0.05) is 31.4 Å². The maximum Gasteiger partial charge on any atom is 0.335 e. The van der Waals surface area contributed by atoms with Crippen molar-refractivity contribution < 1.29 is 24.2 Å². The molecule has 0 bridgehead atoms. The molecule has 0 unspecified atom stereocenters. The SMILES string of the molecule is C[C@H](NC(=O)C1(c2cc(OCC3CCCCC3)ccn2)CCOCC1)c1ccc(C(=O)O)cc1. The molecular weight excluding hydrogens is 432 g/mol. The van der Waals surface area contributed by atoms with Crippen molar-refractivity contribution in [3.05, 3.63) is 59.4 Å². The molecule has 1 aromatic carbocycles. The third kappa shape index (κ3) is 5.58. The number of pyridine rings is 1. The molecule has 2 heterocycles. The van der Waals surface area contributed by atoms with Crippen LogP contribution in [0.25, 0.3) is 0 Å². The van der Waals surface area contributed by atoms with Crippen molar-refractivity contribution in [2.75, 3.05) is 19.8 Å². The summed E-state index contributed by atoms with van der Waals surface area (Å²) in [6.07, 6.45) is 9.11. The fraction of sp³-hybridized carbons (Fsp3) is 0.519. The van der Waals surface area contributed by atoms with E-state index >= 15 is 0 Å². The highest BCUT2D eigenvalue weighted by molar-refractivity contribution is 5.89.